The summed E-state index contributed by atoms with van der Waals surface area (Å²) in [5.74, 6) is -0.590. The molecule has 0 radical (unpaired) electrons. The molecule has 0 amide bonds. The van der Waals surface area contributed by atoms with E-state index < -0.39 is 22.0 Å². The maximum absolute atomic E-state index is 12.7. The van der Waals surface area contributed by atoms with Crippen LogP contribution < -0.4 is 9.46 Å². The number of carboxylic acids is 1. The third-order valence-electron chi connectivity index (χ3n) is 3.66. The highest BCUT2D eigenvalue weighted by molar-refractivity contribution is 7.89. The van der Waals surface area contributed by atoms with Crippen molar-refractivity contribution in [2.45, 2.75) is 31.2 Å². The zero-order valence-electron chi connectivity index (χ0n) is 13.8. The Balaban J connectivity index is 2.50. The van der Waals surface area contributed by atoms with Crippen LogP contribution in [0.1, 0.15) is 20.3 Å². The summed E-state index contributed by atoms with van der Waals surface area (Å²) in [5, 5.41) is 10.4. The number of carbonyl (C=O) groups is 1. The highest BCUT2D eigenvalue weighted by atomic mass is 32.2. The number of methoxy groups -OCH3 is 1. The molecule has 24 heavy (non-hydrogen) atoms. The zero-order chi connectivity index (χ0) is 17.9. The predicted octanol–water partition coefficient (Wildman–Crippen LogP) is 2.63. The molecule has 0 spiro atoms. The van der Waals surface area contributed by atoms with Gasteiger partial charge in [0, 0.05) is 10.8 Å². The van der Waals surface area contributed by atoms with Crippen LogP contribution in [0.2, 0.25) is 0 Å². The van der Waals surface area contributed by atoms with Gasteiger partial charge in [0.05, 0.1) is 12.0 Å². The number of fused-ring (bicyclic) bond motifs is 1. The topological polar surface area (TPSA) is 92.7 Å². The molecule has 0 aliphatic carbocycles. The molecule has 2 aromatic rings. The summed E-state index contributed by atoms with van der Waals surface area (Å²) in [7, 11) is -2.48. The molecule has 6 nitrogen and oxygen atoms in total. The minimum absolute atomic E-state index is 0.0360. The van der Waals surface area contributed by atoms with Gasteiger partial charge in [-0.3, -0.25) is 4.79 Å². The SMILES string of the molecule is COc1ccc(S(=O)(=O)N[C@@H](CC(C)C)C(=O)O)c2ccccc12. The minimum atomic E-state index is -3.99. The van der Waals surface area contributed by atoms with E-state index in [-0.39, 0.29) is 17.2 Å². The summed E-state index contributed by atoms with van der Waals surface area (Å²) in [6.07, 6.45) is 0.211. The summed E-state index contributed by atoms with van der Waals surface area (Å²) in [6, 6.07) is 8.76. The fourth-order valence-electron chi connectivity index (χ4n) is 2.58. The minimum Gasteiger partial charge on any atom is -0.496 e. The van der Waals surface area contributed by atoms with E-state index in [0.29, 0.717) is 16.5 Å². The predicted molar refractivity (Wildman–Crippen MR) is 91.7 cm³/mol. The molecule has 0 aliphatic heterocycles. The van der Waals surface area contributed by atoms with Crippen LogP contribution in [-0.2, 0) is 14.8 Å². The van der Waals surface area contributed by atoms with Gasteiger partial charge >= 0.3 is 5.97 Å². The van der Waals surface area contributed by atoms with Crippen LogP contribution >= 0.6 is 0 Å². The molecule has 0 saturated carbocycles. The quantitative estimate of drug-likeness (QED) is 0.800. The molecule has 0 unspecified atom stereocenters. The summed E-state index contributed by atoms with van der Waals surface area (Å²) >= 11 is 0. The number of hydrogen-bond acceptors (Lipinski definition) is 4. The molecule has 0 heterocycles. The first-order valence-corrected chi connectivity index (χ1v) is 9.05. The monoisotopic (exact) mass is 351 g/mol. The van der Waals surface area contributed by atoms with Gasteiger partial charge in [-0.05, 0) is 24.5 Å². The maximum atomic E-state index is 12.7. The lowest BCUT2D eigenvalue weighted by atomic mass is 10.1. The van der Waals surface area contributed by atoms with E-state index in [1.54, 1.807) is 30.3 Å². The fraction of sp³-hybridized carbons (Fsp3) is 0.353. The van der Waals surface area contributed by atoms with Crippen LogP contribution in [0.15, 0.2) is 41.3 Å². The van der Waals surface area contributed by atoms with Crippen LogP contribution in [0, 0.1) is 5.92 Å². The number of rotatable bonds is 7. The fourth-order valence-corrected chi connectivity index (χ4v) is 3.99. The normalized spacial score (nSPS) is 13.2. The standard InChI is InChI=1S/C17H21NO5S/c1-11(2)10-14(17(19)20)18-24(21,22)16-9-8-15(23-3)12-6-4-5-7-13(12)16/h4-9,11,14,18H,10H2,1-3H3,(H,19,20)/t14-/m0/s1. The van der Waals surface area contributed by atoms with Crippen LogP contribution in [-0.4, -0.2) is 32.6 Å². The highest BCUT2D eigenvalue weighted by Gasteiger charge is 2.27. The van der Waals surface area contributed by atoms with Crippen LogP contribution in [0.25, 0.3) is 10.8 Å². The van der Waals surface area contributed by atoms with Crippen molar-refractivity contribution in [3.8, 4) is 5.75 Å². The van der Waals surface area contributed by atoms with E-state index in [4.69, 9.17) is 4.74 Å². The van der Waals surface area contributed by atoms with E-state index in [2.05, 4.69) is 4.72 Å². The number of carboxylic acid groups (broad SMARTS) is 1. The average molecular weight is 351 g/mol. The smallest absolute Gasteiger partial charge is 0.321 e. The summed E-state index contributed by atoms with van der Waals surface area (Å²) in [6.45, 7) is 3.68. The third kappa shape index (κ3) is 3.85. The summed E-state index contributed by atoms with van der Waals surface area (Å²) in [5.41, 5.74) is 0. The van der Waals surface area contributed by atoms with Gasteiger partial charge in [0.1, 0.15) is 11.8 Å². The maximum Gasteiger partial charge on any atom is 0.321 e. The lowest BCUT2D eigenvalue weighted by Crippen LogP contribution is -2.41. The summed E-state index contributed by atoms with van der Waals surface area (Å²) < 4.78 is 33.0. The van der Waals surface area contributed by atoms with Gasteiger partial charge in [-0.1, -0.05) is 38.1 Å². The number of nitrogens with one attached hydrogen (secondary N) is 1. The van der Waals surface area contributed by atoms with Gasteiger partial charge in [-0.2, -0.15) is 4.72 Å². The number of sulfonamides is 1. The number of benzene rings is 2. The average Bonchev–Trinajstić information content (AvgIpc) is 2.52. The van der Waals surface area contributed by atoms with Gasteiger partial charge in [0.25, 0.3) is 0 Å². The first-order valence-electron chi connectivity index (χ1n) is 7.57. The van der Waals surface area contributed by atoms with Gasteiger partial charge in [0.15, 0.2) is 0 Å². The van der Waals surface area contributed by atoms with Gasteiger partial charge in [0.2, 0.25) is 10.0 Å². The molecule has 2 rings (SSSR count). The van der Waals surface area contributed by atoms with Gasteiger partial charge < -0.3 is 9.84 Å². The second kappa shape index (κ2) is 7.19. The lowest BCUT2D eigenvalue weighted by molar-refractivity contribution is -0.139. The van der Waals surface area contributed by atoms with Crippen LogP contribution in [0.4, 0.5) is 0 Å². The molecule has 0 saturated heterocycles. The number of aliphatic carboxylic acids is 1. The molecule has 130 valence electrons. The van der Waals surface area contributed by atoms with Crippen molar-refractivity contribution in [3.63, 3.8) is 0 Å². The van der Waals surface area contributed by atoms with E-state index in [9.17, 15) is 18.3 Å². The molecule has 0 bridgehead atoms. The number of ether oxygens (including phenoxy) is 1. The van der Waals surface area contributed by atoms with Crippen molar-refractivity contribution in [2.75, 3.05) is 7.11 Å². The number of hydrogen-bond donors (Lipinski definition) is 2. The van der Waals surface area contributed by atoms with Crippen LogP contribution in [0.5, 0.6) is 5.75 Å². The van der Waals surface area contributed by atoms with Crippen LogP contribution in [0.3, 0.4) is 0 Å². The van der Waals surface area contributed by atoms with E-state index in [1.807, 2.05) is 13.8 Å². The molecule has 2 aromatic carbocycles. The van der Waals surface area contributed by atoms with Crippen molar-refractivity contribution >= 4 is 26.8 Å². The summed E-state index contributed by atoms with van der Waals surface area (Å²) in [4.78, 5) is 11.4. The Bertz CT molecular complexity index is 845. The van der Waals surface area contributed by atoms with Crippen molar-refractivity contribution in [1.82, 2.24) is 4.72 Å². The Labute approximate surface area is 141 Å². The van der Waals surface area contributed by atoms with Crippen molar-refractivity contribution in [2.24, 2.45) is 5.92 Å². The Morgan fingerprint density at radius 1 is 1.17 bits per heavy atom. The Morgan fingerprint density at radius 3 is 2.33 bits per heavy atom. The lowest BCUT2D eigenvalue weighted by Gasteiger charge is -2.18. The van der Waals surface area contributed by atoms with E-state index in [1.165, 1.54) is 13.2 Å². The zero-order valence-corrected chi connectivity index (χ0v) is 14.6. The van der Waals surface area contributed by atoms with Gasteiger partial charge in [-0.15, -0.1) is 0 Å². The highest BCUT2D eigenvalue weighted by Crippen LogP contribution is 2.31. The van der Waals surface area contributed by atoms with Crippen molar-refractivity contribution < 1.29 is 23.1 Å². The van der Waals surface area contributed by atoms with E-state index in [0.717, 1.165) is 0 Å². The first-order chi connectivity index (χ1) is 11.3. The molecular formula is C17H21NO5S. The first kappa shape index (κ1) is 18.2. The molecule has 2 N–H and O–H groups in total. The largest absolute Gasteiger partial charge is 0.496 e. The van der Waals surface area contributed by atoms with Gasteiger partial charge in [-0.25, -0.2) is 8.42 Å². The second-order valence-corrected chi connectivity index (χ2v) is 7.64. The van der Waals surface area contributed by atoms with Crippen molar-refractivity contribution in [3.05, 3.63) is 36.4 Å². The second-order valence-electron chi connectivity index (χ2n) is 5.95. The molecule has 0 fully saturated rings. The Hall–Kier alpha value is -2.12. The molecule has 1 atom stereocenters. The molecule has 0 aromatic heterocycles. The molecular weight excluding hydrogens is 330 g/mol. The van der Waals surface area contributed by atoms with Crippen molar-refractivity contribution in [1.29, 1.82) is 0 Å². The molecule has 7 heteroatoms. The van der Waals surface area contributed by atoms with E-state index >= 15 is 0 Å². The third-order valence-corrected chi connectivity index (χ3v) is 5.19. The molecule has 0 aliphatic rings. The Morgan fingerprint density at radius 2 is 1.79 bits per heavy atom. The Kier molecular flexibility index (Phi) is 5.46.